The van der Waals surface area contributed by atoms with Gasteiger partial charge in [-0.1, -0.05) is 13.8 Å². The lowest BCUT2D eigenvalue weighted by atomic mass is 10.2. The molecule has 0 atom stereocenters. The quantitative estimate of drug-likeness (QED) is 0.650. The Bertz CT molecular complexity index is 193. The second-order valence-electron chi connectivity index (χ2n) is 2.30. The smallest absolute Gasteiger partial charge is 0.0662 e. The fourth-order valence-corrected chi connectivity index (χ4v) is 1.34. The summed E-state index contributed by atoms with van der Waals surface area (Å²) in [6.45, 7) is 4.23. The molecule has 3 heteroatoms. The van der Waals surface area contributed by atoms with Gasteiger partial charge < -0.3 is 5.73 Å². The number of nitrogens with zero attached hydrogens (tertiary/aromatic N) is 1. The van der Waals surface area contributed by atoms with Crippen LogP contribution < -0.4 is 5.73 Å². The number of nitrogens with two attached hydrogens (primary N) is 1. The normalized spacial score (nSPS) is 10.6. The maximum Gasteiger partial charge on any atom is 0.0662 e. The lowest BCUT2D eigenvalue weighted by Crippen LogP contribution is -1.89. The molecule has 0 saturated heterocycles. The van der Waals surface area contributed by atoms with Crippen LogP contribution in [0.3, 0.4) is 0 Å². The average Bonchev–Trinajstić information content (AvgIpc) is 2.13. The van der Waals surface area contributed by atoms with Gasteiger partial charge in [0.2, 0.25) is 0 Å². The van der Waals surface area contributed by atoms with Gasteiger partial charge in [0.1, 0.15) is 0 Å². The first-order valence-electron chi connectivity index (χ1n) is 2.92. The van der Waals surface area contributed by atoms with Crippen LogP contribution in [0.2, 0.25) is 0 Å². The molecule has 0 aliphatic carbocycles. The summed E-state index contributed by atoms with van der Waals surface area (Å²) in [5.74, 6) is 0.512. The molecule has 0 spiro atoms. The van der Waals surface area contributed by atoms with Crippen LogP contribution in [0.5, 0.6) is 0 Å². The molecule has 1 rings (SSSR count). The molecule has 0 saturated carbocycles. The van der Waals surface area contributed by atoms with Crippen molar-refractivity contribution in [2.24, 2.45) is 0 Å². The standard InChI is InChI=1S/C6H10N2S/c1-4(2)6-5(7)3-8-9-6/h3-4H,7H2,1-2H3. The summed E-state index contributed by atoms with van der Waals surface area (Å²) in [6.07, 6.45) is 1.71. The summed E-state index contributed by atoms with van der Waals surface area (Å²) < 4.78 is 3.96. The van der Waals surface area contributed by atoms with Gasteiger partial charge in [0.25, 0.3) is 0 Å². The molecule has 0 aliphatic heterocycles. The van der Waals surface area contributed by atoms with Gasteiger partial charge in [0, 0.05) is 0 Å². The van der Waals surface area contributed by atoms with Gasteiger partial charge in [0.05, 0.1) is 16.8 Å². The van der Waals surface area contributed by atoms with Crippen molar-refractivity contribution in [3.63, 3.8) is 0 Å². The van der Waals surface area contributed by atoms with E-state index in [4.69, 9.17) is 5.73 Å². The van der Waals surface area contributed by atoms with E-state index in [1.54, 1.807) is 6.20 Å². The molecule has 0 amide bonds. The Hall–Kier alpha value is -0.570. The second kappa shape index (κ2) is 2.35. The molecule has 2 nitrogen and oxygen atoms in total. The molecule has 1 aromatic heterocycles. The summed E-state index contributed by atoms with van der Waals surface area (Å²) in [6, 6.07) is 0. The molecule has 2 N–H and O–H groups in total. The first-order chi connectivity index (χ1) is 4.22. The summed E-state index contributed by atoms with van der Waals surface area (Å²) >= 11 is 1.48. The van der Waals surface area contributed by atoms with Gasteiger partial charge in [-0.2, -0.15) is 4.37 Å². The molecule has 0 fully saturated rings. The van der Waals surface area contributed by atoms with E-state index in [1.165, 1.54) is 16.4 Å². The third kappa shape index (κ3) is 1.21. The molecule has 0 radical (unpaired) electrons. The maximum absolute atomic E-state index is 5.59. The Labute approximate surface area is 58.9 Å². The van der Waals surface area contributed by atoms with E-state index < -0.39 is 0 Å². The molecule has 9 heavy (non-hydrogen) atoms. The lowest BCUT2D eigenvalue weighted by Gasteiger charge is -1.98. The number of hydrogen-bond donors (Lipinski definition) is 1. The first-order valence-corrected chi connectivity index (χ1v) is 3.69. The minimum atomic E-state index is 0.512. The Balaban J connectivity index is 2.94. The zero-order chi connectivity index (χ0) is 6.85. The molecular formula is C6H10N2S. The van der Waals surface area contributed by atoms with Crippen LogP contribution in [0.4, 0.5) is 5.69 Å². The number of hydrogen-bond acceptors (Lipinski definition) is 3. The first kappa shape index (κ1) is 6.55. The molecular weight excluding hydrogens is 132 g/mol. The van der Waals surface area contributed by atoms with Gasteiger partial charge in [-0.25, -0.2) is 0 Å². The molecule has 0 bridgehead atoms. The Kier molecular flexibility index (Phi) is 1.71. The van der Waals surface area contributed by atoms with Crippen molar-refractivity contribution >= 4 is 17.2 Å². The van der Waals surface area contributed by atoms with Crippen LogP contribution in [-0.4, -0.2) is 4.37 Å². The number of anilines is 1. The third-order valence-electron chi connectivity index (χ3n) is 1.15. The van der Waals surface area contributed by atoms with Crippen molar-refractivity contribution in [3.05, 3.63) is 11.1 Å². The molecule has 0 unspecified atom stereocenters. The van der Waals surface area contributed by atoms with Gasteiger partial charge in [-0.05, 0) is 17.5 Å². The van der Waals surface area contributed by atoms with Crippen molar-refractivity contribution in [2.75, 3.05) is 5.73 Å². The van der Waals surface area contributed by atoms with Crippen LogP contribution in [-0.2, 0) is 0 Å². The maximum atomic E-state index is 5.59. The fourth-order valence-electron chi connectivity index (χ4n) is 0.695. The van der Waals surface area contributed by atoms with Crippen molar-refractivity contribution in [3.8, 4) is 0 Å². The van der Waals surface area contributed by atoms with Gasteiger partial charge in [-0.15, -0.1) is 0 Å². The number of rotatable bonds is 1. The van der Waals surface area contributed by atoms with Crippen molar-refractivity contribution in [1.82, 2.24) is 4.37 Å². The zero-order valence-corrected chi connectivity index (χ0v) is 6.40. The zero-order valence-electron chi connectivity index (χ0n) is 5.59. The van der Waals surface area contributed by atoms with Crippen LogP contribution >= 0.6 is 11.5 Å². The summed E-state index contributed by atoms with van der Waals surface area (Å²) in [7, 11) is 0. The number of aromatic nitrogens is 1. The van der Waals surface area contributed by atoms with Gasteiger partial charge >= 0.3 is 0 Å². The van der Waals surface area contributed by atoms with Crippen molar-refractivity contribution in [2.45, 2.75) is 19.8 Å². The van der Waals surface area contributed by atoms with Crippen LogP contribution in [0, 0.1) is 0 Å². The molecule has 0 aliphatic rings. The van der Waals surface area contributed by atoms with E-state index in [9.17, 15) is 0 Å². The minimum absolute atomic E-state index is 0.512. The van der Waals surface area contributed by atoms with Gasteiger partial charge in [-0.3, -0.25) is 0 Å². The highest BCUT2D eigenvalue weighted by Gasteiger charge is 2.04. The molecule has 1 heterocycles. The highest BCUT2D eigenvalue weighted by Crippen LogP contribution is 2.24. The Morgan fingerprint density at radius 3 is 2.56 bits per heavy atom. The average molecular weight is 142 g/mol. The largest absolute Gasteiger partial charge is 0.397 e. The summed E-state index contributed by atoms with van der Waals surface area (Å²) in [5, 5.41) is 0. The summed E-state index contributed by atoms with van der Waals surface area (Å²) in [5.41, 5.74) is 6.42. The molecule has 50 valence electrons. The summed E-state index contributed by atoms with van der Waals surface area (Å²) in [4.78, 5) is 1.19. The van der Waals surface area contributed by atoms with Crippen LogP contribution in [0.15, 0.2) is 6.20 Å². The highest BCUT2D eigenvalue weighted by atomic mass is 32.1. The molecule has 0 aromatic carbocycles. The van der Waals surface area contributed by atoms with E-state index in [-0.39, 0.29) is 0 Å². The fraction of sp³-hybridized carbons (Fsp3) is 0.500. The topological polar surface area (TPSA) is 38.9 Å². The van der Waals surface area contributed by atoms with E-state index in [2.05, 4.69) is 18.2 Å². The predicted octanol–water partition coefficient (Wildman–Crippen LogP) is 1.85. The predicted molar refractivity (Wildman–Crippen MR) is 40.6 cm³/mol. The Morgan fingerprint density at radius 2 is 2.33 bits per heavy atom. The molecule has 1 aromatic rings. The Morgan fingerprint density at radius 1 is 1.67 bits per heavy atom. The number of nitrogen functional groups attached to an aromatic ring is 1. The minimum Gasteiger partial charge on any atom is -0.397 e. The highest BCUT2D eigenvalue weighted by molar-refractivity contribution is 7.06. The van der Waals surface area contributed by atoms with Crippen molar-refractivity contribution < 1.29 is 0 Å². The van der Waals surface area contributed by atoms with E-state index >= 15 is 0 Å². The van der Waals surface area contributed by atoms with E-state index in [0.717, 1.165) is 5.69 Å². The van der Waals surface area contributed by atoms with E-state index in [0.29, 0.717) is 5.92 Å². The van der Waals surface area contributed by atoms with Crippen molar-refractivity contribution in [1.29, 1.82) is 0 Å². The third-order valence-corrected chi connectivity index (χ3v) is 2.27. The SMILES string of the molecule is CC(C)c1sncc1N. The monoisotopic (exact) mass is 142 g/mol. The van der Waals surface area contributed by atoms with Crippen LogP contribution in [0.25, 0.3) is 0 Å². The van der Waals surface area contributed by atoms with Gasteiger partial charge in [0.15, 0.2) is 0 Å². The lowest BCUT2D eigenvalue weighted by molar-refractivity contribution is 0.892. The van der Waals surface area contributed by atoms with Crippen LogP contribution in [0.1, 0.15) is 24.6 Å². The second-order valence-corrected chi connectivity index (χ2v) is 3.13. The van der Waals surface area contributed by atoms with E-state index in [1.807, 2.05) is 0 Å².